The average Bonchev–Trinajstić information content (AvgIpc) is 3.05. The second-order valence-electron chi connectivity index (χ2n) is 6.13. The molecule has 28 heavy (non-hydrogen) atoms. The van der Waals surface area contributed by atoms with Crippen LogP contribution in [0.25, 0.3) is 11.3 Å². The van der Waals surface area contributed by atoms with E-state index in [9.17, 15) is 14.4 Å². The summed E-state index contributed by atoms with van der Waals surface area (Å²) in [5.41, 5.74) is -0.600. The molecule has 0 radical (unpaired) electrons. The zero-order valence-electron chi connectivity index (χ0n) is 14.9. The van der Waals surface area contributed by atoms with Gasteiger partial charge in [-0.1, -0.05) is 5.16 Å². The third-order valence-electron chi connectivity index (χ3n) is 4.18. The van der Waals surface area contributed by atoms with Gasteiger partial charge >= 0.3 is 5.69 Å². The Morgan fingerprint density at radius 2 is 1.93 bits per heavy atom. The molecule has 3 aromatic rings. The lowest BCUT2D eigenvalue weighted by Gasteiger charge is -2.07. The predicted octanol–water partition coefficient (Wildman–Crippen LogP) is 1.14. The van der Waals surface area contributed by atoms with Crippen LogP contribution in [0.3, 0.4) is 0 Å². The zero-order chi connectivity index (χ0) is 19.7. The van der Waals surface area contributed by atoms with Crippen LogP contribution >= 0.6 is 0 Å². The number of ether oxygens (including phenoxy) is 2. The highest BCUT2D eigenvalue weighted by atomic mass is 16.5. The van der Waals surface area contributed by atoms with Crippen molar-refractivity contribution in [2.75, 3.05) is 18.5 Å². The molecule has 0 unspecified atom stereocenters. The van der Waals surface area contributed by atoms with Crippen molar-refractivity contribution >= 4 is 11.7 Å². The molecule has 1 aliphatic rings. The standard InChI is InChI=1S/C18H16N4O6/c1-22-15(9-16(23)20-18(22)25)19-17(24)11-8-13(28-21-11)10-3-4-12-14(7-10)27-6-2-5-26-12/h3-4,7-9H,2,5-6H2,1H3,(H,19,24)(H,20,23,25). The van der Waals surface area contributed by atoms with E-state index >= 15 is 0 Å². The number of aromatic nitrogens is 3. The smallest absolute Gasteiger partial charge is 0.329 e. The van der Waals surface area contributed by atoms with E-state index in [1.54, 1.807) is 18.2 Å². The number of nitrogens with zero attached hydrogens (tertiary/aromatic N) is 2. The molecule has 0 saturated carbocycles. The second-order valence-corrected chi connectivity index (χ2v) is 6.13. The van der Waals surface area contributed by atoms with Gasteiger partial charge < -0.3 is 19.3 Å². The number of fused-ring (bicyclic) bond motifs is 1. The predicted molar refractivity (Wildman–Crippen MR) is 97.8 cm³/mol. The van der Waals surface area contributed by atoms with E-state index in [4.69, 9.17) is 14.0 Å². The quantitative estimate of drug-likeness (QED) is 0.693. The molecule has 0 fully saturated rings. The van der Waals surface area contributed by atoms with Crippen LogP contribution in [0.4, 0.5) is 5.82 Å². The van der Waals surface area contributed by atoms with Gasteiger partial charge in [0.15, 0.2) is 23.0 Å². The highest BCUT2D eigenvalue weighted by molar-refractivity contribution is 6.02. The third-order valence-corrected chi connectivity index (χ3v) is 4.18. The van der Waals surface area contributed by atoms with Crippen LogP contribution in [-0.4, -0.2) is 33.8 Å². The Hall–Kier alpha value is -3.82. The maximum absolute atomic E-state index is 12.4. The molecule has 144 valence electrons. The molecule has 3 heterocycles. The van der Waals surface area contributed by atoms with E-state index in [-0.39, 0.29) is 11.5 Å². The lowest BCUT2D eigenvalue weighted by Crippen LogP contribution is -2.31. The first-order valence-corrected chi connectivity index (χ1v) is 8.50. The number of nitrogens with one attached hydrogen (secondary N) is 2. The van der Waals surface area contributed by atoms with Crippen LogP contribution < -0.4 is 26.0 Å². The first-order chi connectivity index (χ1) is 13.5. The highest BCUT2D eigenvalue weighted by Crippen LogP contribution is 2.34. The first-order valence-electron chi connectivity index (χ1n) is 8.50. The van der Waals surface area contributed by atoms with Gasteiger partial charge in [0.2, 0.25) is 0 Å². The summed E-state index contributed by atoms with van der Waals surface area (Å²) in [6, 6.07) is 7.85. The van der Waals surface area contributed by atoms with Crippen LogP contribution in [0.2, 0.25) is 0 Å². The molecule has 10 heteroatoms. The average molecular weight is 384 g/mol. The lowest BCUT2D eigenvalue weighted by molar-refractivity contribution is 0.101. The van der Waals surface area contributed by atoms with Gasteiger partial charge in [0, 0.05) is 31.2 Å². The summed E-state index contributed by atoms with van der Waals surface area (Å²) >= 11 is 0. The molecule has 0 spiro atoms. The molecule has 1 amide bonds. The largest absolute Gasteiger partial charge is 0.490 e. The van der Waals surface area contributed by atoms with Gasteiger partial charge in [0.05, 0.1) is 13.2 Å². The fourth-order valence-electron chi connectivity index (χ4n) is 2.69. The number of hydrogen-bond acceptors (Lipinski definition) is 7. The van der Waals surface area contributed by atoms with Gasteiger partial charge in [-0.2, -0.15) is 0 Å². The Labute approximate surface area is 157 Å². The van der Waals surface area contributed by atoms with Gasteiger partial charge in [0.25, 0.3) is 11.5 Å². The van der Waals surface area contributed by atoms with Crippen molar-refractivity contribution in [2.24, 2.45) is 7.05 Å². The van der Waals surface area contributed by atoms with Gasteiger partial charge in [-0.05, 0) is 18.2 Å². The molecule has 1 aliphatic heterocycles. The highest BCUT2D eigenvalue weighted by Gasteiger charge is 2.18. The first kappa shape index (κ1) is 17.6. The SMILES string of the molecule is Cn1c(NC(=O)c2cc(-c3ccc4c(c3)OCCCO4)on2)cc(=O)[nH]c1=O. The Balaban J connectivity index is 1.58. The van der Waals surface area contributed by atoms with E-state index in [0.717, 1.165) is 17.1 Å². The topological polar surface area (TPSA) is 128 Å². The van der Waals surface area contributed by atoms with E-state index < -0.39 is 17.2 Å². The Kier molecular flexibility index (Phi) is 4.44. The minimum absolute atomic E-state index is 0.00478. The summed E-state index contributed by atoms with van der Waals surface area (Å²) in [6.45, 7) is 1.14. The molecule has 0 bridgehead atoms. The van der Waals surface area contributed by atoms with E-state index in [1.165, 1.54) is 13.1 Å². The molecule has 0 atom stereocenters. The summed E-state index contributed by atoms with van der Waals surface area (Å²) in [4.78, 5) is 37.5. The van der Waals surface area contributed by atoms with Crippen molar-refractivity contribution in [2.45, 2.75) is 6.42 Å². The molecule has 10 nitrogen and oxygen atoms in total. The molecule has 1 aromatic carbocycles. The van der Waals surface area contributed by atoms with E-state index in [1.807, 2.05) is 0 Å². The number of H-pyrrole nitrogens is 1. The number of hydrogen-bond donors (Lipinski definition) is 2. The van der Waals surface area contributed by atoms with E-state index in [0.29, 0.717) is 36.0 Å². The van der Waals surface area contributed by atoms with Gasteiger partial charge in [0.1, 0.15) is 5.82 Å². The maximum Gasteiger partial charge on any atom is 0.329 e. The number of aromatic amines is 1. The molecule has 0 saturated heterocycles. The molecule has 4 rings (SSSR count). The fraction of sp³-hybridized carbons (Fsp3) is 0.222. The summed E-state index contributed by atoms with van der Waals surface area (Å²) in [5.74, 6) is 1.02. The van der Waals surface area contributed by atoms with Crippen molar-refractivity contribution in [3.63, 3.8) is 0 Å². The van der Waals surface area contributed by atoms with Crippen LogP contribution in [0.1, 0.15) is 16.9 Å². The van der Waals surface area contributed by atoms with Crippen LogP contribution in [-0.2, 0) is 7.05 Å². The second kappa shape index (κ2) is 7.06. The van der Waals surface area contributed by atoms with Crippen molar-refractivity contribution in [1.29, 1.82) is 0 Å². The van der Waals surface area contributed by atoms with Crippen LogP contribution in [0, 0.1) is 0 Å². The number of carbonyl (C=O) groups excluding carboxylic acids is 1. The fourth-order valence-corrected chi connectivity index (χ4v) is 2.69. The molecular formula is C18H16N4O6. The minimum Gasteiger partial charge on any atom is -0.490 e. The molecular weight excluding hydrogens is 368 g/mol. The lowest BCUT2D eigenvalue weighted by atomic mass is 10.1. The van der Waals surface area contributed by atoms with Crippen LogP contribution in [0.5, 0.6) is 11.5 Å². The Bertz CT molecular complexity index is 1160. The number of anilines is 1. The monoisotopic (exact) mass is 384 g/mol. The molecule has 2 aromatic heterocycles. The summed E-state index contributed by atoms with van der Waals surface area (Å²) in [5, 5.41) is 6.23. The summed E-state index contributed by atoms with van der Waals surface area (Å²) in [7, 11) is 1.42. The number of amides is 1. The number of benzene rings is 1. The van der Waals surface area contributed by atoms with Crippen molar-refractivity contribution < 1.29 is 18.8 Å². The summed E-state index contributed by atoms with van der Waals surface area (Å²) < 4.78 is 17.6. The van der Waals surface area contributed by atoms with Crippen molar-refractivity contribution in [3.05, 3.63) is 56.9 Å². The van der Waals surface area contributed by atoms with Crippen molar-refractivity contribution in [1.82, 2.24) is 14.7 Å². The Morgan fingerprint density at radius 1 is 1.14 bits per heavy atom. The van der Waals surface area contributed by atoms with Gasteiger partial charge in [-0.25, -0.2) is 4.79 Å². The summed E-state index contributed by atoms with van der Waals surface area (Å²) in [6.07, 6.45) is 0.793. The zero-order valence-corrected chi connectivity index (χ0v) is 14.9. The number of rotatable bonds is 3. The third kappa shape index (κ3) is 3.39. The number of carbonyl (C=O) groups is 1. The molecule has 0 aliphatic carbocycles. The van der Waals surface area contributed by atoms with Gasteiger partial charge in [-0.15, -0.1) is 0 Å². The minimum atomic E-state index is -0.643. The van der Waals surface area contributed by atoms with Gasteiger partial charge in [-0.3, -0.25) is 19.1 Å². The normalized spacial score (nSPS) is 13.0. The van der Waals surface area contributed by atoms with Crippen LogP contribution in [0.15, 0.2) is 44.4 Å². The Morgan fingerprint density at radius 3 is 2.75 bits per heavy atom. The molecule has 2 N–H and O–H groups in total. The van der Waals surface area contributed by atoms with Crippen molar-refractivity contribution in [3.8, 4) is 22.8 Å². The van der Waals surface area contributed by atoms with E-state index in [2.05, 4.69) is 15.5 Å². The maximum atomic E-state index is 12.4.